The molecule has 1 heterocycles. The van der Waals surface area contributed by atoms with Crippen LogP contribution >= 0.6 is 0 Å². The van der Waals surface area contributed by atoms with Gasteiger partial charge in [-0.2, -0.15) is 5.26 Å². The summed E-state index contributed by atoms with van der Waals surface area (Å²) < 4.78 is 0. The second-order valence-corrected chi connectivity index (χ2v) is 3.83. The number of nitriles is 1. The van der Waals surface area contributed by atoms with Crippen molar-refractivity contribution in [3.63, 3.8) is 0 Å². The van der Waals surface area contributed by atoms with Gasteiger partial charge in [-0.25, -0.2) is 0 Å². The van der Waals surface area contributed by atoms with Gasteiger partial charge in [0.15, 0.2) is 0 Å². The zero-order valence-electron chi connectivity index (χ0n) is 8.11. The second kappa shape index (κ2) is 4.26. The summed E-state index contributed by atoms with van der Waals surface area (Å²) in [5.74, 6) is 0.684. The lowest BCUT2D eigenvalue weighted by Gasteiger charge is -2.26. The summed E-state index contributed by atoms with van der Waals surface area (Å²) in [7, 11) is 0. The summed E-state index contributed by atoms with van der Waals surface area (Å²) in [6.07, 6.45) is 0.994. The molecule has 1 aliphatic heterocycles. The molecule has 1 fully saturated rings. The summed E-state index contributed by atoms with van der Waals surface area (Å²) in [6, 6.07) is 12.8. The van der Waals surface area contributed by atoms with Crippen LogP contribution in [-0.4, -0.2) is 13.1 Å². The van der Waals surface area contributed by atoms with Crippen molar-refractivity contribution in [3.05, 3.63) is 35.9 Å². The Hall–Kier alpha value is -1.33. The minimum Gasteiger partial charge on any atom is -0.315 e. The molecule has 0 amide bonds. The first kappa shape index (κ1) is 9.23. The molecule has 1 aliphatic rings. The van der Waals surface area contributed by atoms with Gasteiger partial charge in [0, 0.05) is 13.1 Å². The van der Waals surface area contributed by atoms with E-state index in [2.05, 4.69) is 35.7 Å². The lowest BCUT2D eigenvalue weighted by molar-refractivity contribution is 0.399. The molecule has 0 aromatic heterocycles. The van der Waals surface area contributed by atoms with Crippen molar-refractivity contribution in [1.82, 2.24) is 5.32 Å². The van der Waals surface area contributed by atoms with Gasteiger partial charge in [0.2, 0.25) is 0 Å². The highest BCUT2D eigenvalue weighted by atomic mass is 14.9. The molecule has 14 heavy (non-hydrogen) atoms. The van der Waals surface area contributed by atoms with E-state index in [1.807, 2.05) is 6.07 Å². The van der Waals surface area contributed by atoms with Crippen molar-refractivity contribution in [1.29, 1.82) is 5.26 Å². The van der Waals surface area contributed by atoms with Gasteiger partial charge in [-0.15, -0.1) is 0 Å². The molecule has 0 spiro atoms. The van der Waals surface area contributed by atoms with Gasteiger partial charge in [-0.05, 0) is 17.9 Å². The minimum atomic E-state index is 0.175. The summed E-state index contributed by atoms with van der Waals surface area (Å²) >= 11 is 0. The quantitative estimate of drug-likeness (QED) is 0.727. The molecule has 0 saturated carbocycles. The minimum absolute atomic E-state index is 0.175. The molecule has 1 N–H and O–H groups in total. The molecular weight excluding hydrogens is 172 g/mol. The van der Waals surface area contributed by atoms with Gasteiger partial charge >= 0.3 is 0 Å². The molecule has 0 radical (unpaired) electrons. The summed E-state index contributed by atoms with van der Waals surface area (Å²) in [5.41, 5.74) is 1.35. The monoisotopic (exact) mass is 186 g/mol. The van der Waals surface area contributed by atoms with Crippen LogP contribution in [-0.2, 0) is 0 Å². The number of piperidine rings is 1. The Balaban J connectivity index is 2.09. The van der Waals surface area contributed by atoms with Crippen molar-refractivity contribution >= 4 is 0 Å². The smallest absolute Gasteiger partial charge is 0.0669 e. The number of rotatable bonds is 1. The van der Waals surface area contributed by atoms with E-state index >= 15 is 0 Å². The van der Waals surface area contributed by atoms with Crippen molar-refractivity contribution < 1.29 is 0 Å². The first-order chi connectivity index (χ1) is 6.90. The second-order valence-electron chi connectivity index (χ2n) is 3.83. The van der Waals surface area contributed by atoms with Crippen molar-refractivity contribution in [3.8, 4) is 6.07 Å². The summed E-state index contributed by atoms with van der Waals surface area (Å²) in [5, 5.41) is 12.2. The normalized spacial score (nSPS) is 26.8. The number of hydrogen-bond acceptors (Lipinski definition) is 2. The average Bonchev–Trinajstić information content (AvgIpc) is 2.30. The number of nitrogens with one attached hydrogen (secondary N) is 1. The third-order valence-corrected chi connectivity index (χ3v) is 2.80. The third-order valence-electron chi connectivity index (χ3n) is 2.80. The Bertz CT molecular complexity index is 326. The Morgan fingerprint density at radius 3 is 2.71 bits per heavy atom. The van der Waals surface area contributed by atoms with E-state index < -0.39 is 0 Å². The molecular formula is C12H14N2. The van der Waals surface area contributed by atoms with Gasteiger partial charge in [-0.1, -0.05) is 30.3 Å². The lowest BCUT2D eigenvalue weighted by Crippen LogP contribution is -2.34. The standard InChI is InChI=1S/C12H14N2/c13-7-10-6-12(9-14-8-10)11-4-2-1-3-5-11/h1-5,10,12,14H,6,8-9H2/t10?,12-/m0/s1. The molecule has 2 rings (SSSR count). The van der Waals surface area contributed by atoms with Crippen LogP contribution in [0, 0.1) is 17.2 Å². The molecule has 1 unspecified atom stereocenters. The Morgan fingerprint density at radius 2 is 2.00 bits per heavy atom. The molecule has 0 bridgehead atoms. The van der Waals surface area contributed by atoms with Gasteiger partial charge < -0.3 is 5.32 Å². The van der Waals surface area contributed by atoms with Crippen LogP contribution < -0.4 is 5.32 Å². The van der Waals surface area contributed by atoms with E-state index in [1.54, 1.807) is 0 Å². The summed E-state index contributed by atoms with van der Waals surface area (Å²) in [6.45, 7) is 1.85. The molecule has 1 aromatic rings. The molecule has 2 nitrogen and oxygen atoms in total. The topological polar surface area (TPSA) is 35.8 Å². The fourth-order valence-electron chi connectivity index (χ4n) is 2.02. The van der Waals surface area contributed by atoms with E-state index in [4.69, 9.17) is 5.26 Å². The van der Waals surface area contributed by atoms with E-state index in [0.29, 0.717) is 5.92 Å². The van der Waals surface area contributed by atoms with Crippen molar-refractivity contribution in [2.75, 3.05) is 13.1 Å². The fourth-order valence-corrected chi connectivity index (χ4v) is 2.02. The van der Waals surface area contributed by atoms with E-state index in [0.717, 1.165) is 19.5 Å². The van der Waals surface area contributed by atoms with E-state index in [9.17, 15) is 0 Å². The predicted octanol–water partition coefficient (Wildman–Crippen LogP) is 1.90. The van der Waals surface area contributed by atoms with Crippen LogP contribution in [0.2, 0.25) is 0 Å². The molecule has 72 valence electrons. The Morgan fingerprint density at radius 1 is 1.21 bits per heavy atom. The zero-order valence-corrected chi connectivity index (χ0v) is 8.11. The third kappa shape index (κ3) is 1.94. The highest BCUT2D eigenvalue weighted by Crippen LogP contribution is 2.25. The van der Waals surface area contributed by atoms with Gasteiger partial charge in [0.1, 0.15) is 0 Å². The van der Waals surface area contributed by atoms with Crippen LogP contribution in [0.25, 0.3) is 0 Å². The van der Waals surface area contributed by atoms with Crippen LogP contribution in [0.15, 0.2) is 30.3 Å². The summed E-state index contributed by atoms with van der Waals surface area (Å²) in [4.78, 5) is 0. The molecule has 2 heteroatoms. The van der Waals surface area contributed by atoms with Gasteiger partial charge in [-0.3, -0.25) is 0 Å². The molecule has 2 atom stereocenters. The van der Waals surface area contributed by atoms with Gasteiger partial charge in [0.25, 0.3) is 0 Å². The highest BCUT2D eigenvalue weighted by molar-refractivity contribution is 5.21. The first-order valence-corrected chi connectivity index (χ1v) is 5.05. The van der Waals surface area contributed by atoms with E-state index in [-0.39, 0.29) is 5.92 Å². The number of nitrogens with zero attached hydrogens (tertiary/aromatic N) is 1. The SMILES string of the molecule is N#CC1CNC[C@@H](c2ccccc2)C1. The maximum Gasteiger partial charge on any atom is 0.0669 e. The van der Waals surface area contributed by atoms with Crippen molar-refractivity contribution in [2.45, 2.75) is 12.3 Å². The van der Waals surface area contributed by atoms with E-state index in [1.165, 1.54) is 5.56 Å². The Labute approximate surface area is 84.6 Å². The Kier molecular flexibility index (Phi) is 2.81. The number of hydrogen-bond donors (Lipinski definition) is 1. The van der Waals surface area contributed by atoms with Gasteiger partial charge in [0.05, 0.1) is 12.0 Å². The maximum absolute atomic E-state index is 8.87. The lowest BCUT2D eigenvalue weighted by atomic mass is 9.86. The van der Waals surface area contributed by atoms with Crippen LogP contribution in [0.1, 0.15) is 17.9 Å². The van der Waals surface area contributed by atoms with Crippen molar-refractivity contribution in [2.24, 2.45) is 5.92 Å². The van der Waals surface area contributed by atoms with Crippen LogP contribution in [0.5, 0.6) is 0 Å². The van der Waals surface area contributed by atoms with Crippen LogP contribution in [0.3, 0.4) is 0 Å². The highest BCUT2D eigenvalue weighted by Gasteiger charge is 2.22. The average molecular weight is 186 g/mol. The number of benzene rings is 1. The fraction of sp³-hybridized carbons (Fsp3) is 0.417. The molecule has 1 saturated heterocycles. The molecule has 0 aliphatic carbocycles. The predicted molar refractivity (Wildman–Crippen MR) is 55.8 cm³/mol. The zero-order chi connectivity index (χ0) is 9.80. The first-order valence-electron chi connectivity index (χ1n) is 5.05. The molecule has 1 aromatic carbocycles. The maximum atomic E-state index is 8.87. The largest absolute Gasteiger partial charge is 0.315 e. The van der Waals surface area contributed by atoms with Crippen LogP contribution in [0.4, 0.5) is 0 Å².